The first-order chi connectivity index (χ1) is 11.6. The average molecular weight is 386 g/mol. The van der Waals surface area contributed by atoms with E-state index in [1.165, 1.54) is 5.56 Å². The van der Waals surface area contributed by atoms with Crippen LogP contribution in [0.25, 0.3) is 0 Å². The van der Waals surface area contributed by atoms with Gasteiger partial charge in [0.1, 0.15) is 6.54 Å². The molecule has 1 unspecified atom stereocenters. The van der Waals surface area contributed by atoms with Crippen molar-refractivity contribution in [3.8, 4) is 0 Å². The predicted molar refractivity (Wildman–Crippen MR) is 92.4 cm³/mol. The van der Waals surface area contributed by atoms with E-state index in [1.54, 1.807) is 23.4 Å². The number of carbonyl (C=O) groups is 2. The smallest absolute Gasteiger partial charge is 0.256 e. The van der Waals surface area contributed by atoms with Crippen LogP contribution in [0.3, 0.4) is 0 Å². The molecule has 2 aromatic rings. The Balaban J connectivity index is 1.65. The Hall–Kier alpha value is -2.21. The van der Waals surface area contributed by atoms with E-state index in [4.69, 9.17) is 0 Å². The van der Waals surface area contributed by atoms with Crippen LogP contribution < -0.4 is 0 Å². The molecule has 0 bridgehead atoms. The van der Waals surface area contributed by atoms with Crippen LogP contribution in [0, 0.1) is 0 Å². The molecule has 4 rings (SSSR count). The van der Waals surface area contributed by atoms with Crippen LogP contribution in [-0.2, 0) is 11.2 Å². The standard InChI is InChI=1S/C18H16BrN3O2/c19-14-7-13(8-20-9-14)18(24)21-10-16-15-4-2-1-3-12(15)5-6-22(16)17(23)11-21/h1-4,7-9,16H,5-6,10-11H2. The molecule has 1 fully saturated rings. The van der Waals surface area contributed by atoms with Crippen molar-refractivity contribution in [3.05, 3.63) is 63.9 Å². The van der Waals surface area contributed by atoms with Gasteiger partial charge in [0.05, 0.1) is 11.6 Å². The first-order valence-electron chi connectivity index (χ1n) is 7.90. The third-order valence-corrected chi connectivity index (χ3v) is 5.12. The Bertz CT molecular complexity index is 823. The molecule has 5 nitrogen and oxygen atoms in total. The highest BCUT2D eigenvalue weighted by Crippen LogP contribution is 2.33. The van der Waals surface area contributed by atoms with E-state index in [-0.39, 0.29) is 24.4 Å². The van der Waals surface area contributed by atoms with Gasteiger partial charge in [0, 0.05) is 30.0 Å². The summed E-state index contributed by atoms with van der Waals surface area (Å²) in [5.74, 6) is -0.142. The first kappa shape index (κ1) is 15.3. The number of carbonyl (C=O) groups excluding carboxylic acids is 2. The summed E-state index contributed by atoms with van der Waals surface area (Å²) in [6.45, 7) is 1.37. The minimum atomic E-state index is -0.153. The second-order valence-electron chi connectivity index (χ2n) is 6.13. The minimum Gasteiger partial charge on any atom is -0.332 e. The van der Waals surface area contributed by atoms with Crippen LogP contribution in [-0.4, -0.2) is 46.2 Å². The number of hydrogen-bond acceptors (Lipinski definition) is 3. The number of amides is 2. The second-order valence-corrected chi connectivity index (χ2v) is 7.04. The molecule has 6 heteroatoms. The van der Waals surface area contributed by atoms with Crippen LogP contribution in [0.15, 0.2) is 47.2 Å². The van der Waals surface area contributed by atoms with E-state index in [1.807, 2.05) is 17.0 Å². The zero-order chi connectivity index (χ0) is 16.7. The highest BCUT2D eigenvalue weighted by Gasteiger charge is 2.38. The molecule has 2 amide bonds. The van der Waals surface area contributed by atoms with Gasteiger partial charge in [0.25, 0.3) is 5.91 Å². The molecular formula is C18H16BrN3O2. The fourth-order valence-corrected chi connectivity index (χ4v) is 3.91. The summed E-state index contributed by atoms with van der Waals surface area (Å²) in [7, 11) is 0. The number of rotatable bonds is 1. The quantitative estimate of drug-likeness (QED) is 0.757. The molecule has 1 saturated heterocycles. The lowest BCUT2D eigenvalue weighted by Crippen LogP contribution is -2.55. The van der Waals surface area contributed by atoms with Gasteiger partial charge < -0.3 is 9.80 Å². The van der Waals surface area contributed by atoms with Gasteiger partial charge in [-0.25, -0.2) is 0 Å². The first-order valence-corrected chi connectivity index (χ1v) is 8.70. The number of fused-ring (bicyclic) bond motifs is 3. The van der Waals surface area contributed by atoms with Crippen LogP contribution in [0.5, 0.6) is 0 Å². The van der Waals surface area contributed by atoms with Gasteiger partial charge >= 0.3 is 0 Å². The van der Waals surface area contributed by atoms with Crippen molar-refractivity contribution in [3.63, 3.8) is 0 Å². The van der Waals surface area contributed by atoms with Crippen molar-refractivity contribution in [2.45, 2.75) is 12.5 Å². The second kappa shape index (κ2) is 6.02. The molecular weight excluding hydrogens is 370 g/mol. The number of halogens is 1. The van der Waals surface area contributed by atoms with Crippen molar-refractivity contribution in [2.24, 2.45) is 0 Å². The largest absolute Gasteiger partial charge is 0.332 e. The number of piperazine rings is 1. The highest BCUT2D eigenvalue weighted by molar-refractivity contribution is 9.10. The van der Waals surface area contributed by atoms with Gasteiger partial charge in [-0.1, -0.05) is 24.3 Å². The lowest BCUT2D eigenvalue weighted by atomic mass is 9.90. The van der Waals surface area contributed by atoms with Gasteiger partial charge in [-0.05, 0) is 39.5 Å². The van der Waals surface area contributed by atoms with Crippen LogP contribution in [0.2, 0.25) is 0 Å². The molecule has 0 aliphatic carbocycles. The third kappa shape index (κ3) is 2.60. The van der Waals surface area contributed by atoms with Crippen LogP contribution >= 0.6 is 15.9 Å². The number of benzene rings is 1. The topological polar surface area (TPSA) is 53.5 Å². The summed E-state index contributed by atoms with van der Waals surface area (Å²) in [6, 6.07) is 9.87. The predicted octanol–water partition coefficient (Wildman–Crippen LogP) is 2.43. The number of pyridine rings is 1. The van der Waals surface area contributed by atoms with Crippen molar-refractivity contribution < 1.29 is 9.59 Å². The van der Waals surface area contributed by atoms with Crippen molar-refractivity contribution in [2.75, 3.05) is 19.6 Å². The summed E-state index contributed by atoms with van der Waals surface area (Å²) in [5.41, 5.74) is 2.92. The molecule has 1 aromatic carbocycles. The summed E-state index contributed by atoms with van der Waals surface area (Å²) in [5, 5.41) is 0. The van der Waals surface area contributed by atoms with Crippen LogP contribution in [0.4, 0.5) is 0 Å². The zero-order valence-corrected chi connectivity index (χ0v) is 14.6. The SMILES string of the molecule is O=C(c1cncc(Br)c1)N1CC(=O)N2CCc3ccccc3C2C1. The van der Waals surface area contributed by atoms with E-state index in [9.17, 15) is 9.59 Å². The molecule has 0 radical (unpaired) electrons. The van der Waals surface area contributed by atoms with Gasteiger partial charge in [0.2, 0.25) is 5.91 Å². The molecule has 0 saturated carbocycles. The monoisotopic (exact) mass is 385 g/mol. The summed E-state index contributed by atoms with van der Waals surface area (Å²) in [6.07, 6.45) is 4.05. The molecule has 1 atom stereocenters. The number of nitrogens with zero attached hydrogens (tertiary/aromatic N) is 3. The normalized spacial score (nSPS) is 19.7. The zero-order valence-electron chi connectivity index (χ0n) is 13.0. The van der Waals surface area contributed by atoms with Crippen molar-refractivity contribution in [1.29, 1.82) is 0 Å². The van der Waals surface area contributed by atoms with Gasteiger partial charge in [-0.3, -0.25) is 14.6 Å². The number of hydrogen-bond donors (Lipinski definition) is 0. The molecule has 2 aliphatic heterocycles. The fourth-order valence-electron chi connectivity index (χ4n) is 3.54. The van der Waals surface area contributed by atoms with E-state index in [0.29, 0.717) is 12.1 Å². The molecule has 122 valence electrons. The Morgan fingerprint density at radius 2 is 2.08 bits per heavy atom. The molecule has 0 spiro atoms. The maximum Gasteiger partial charge on any atom is 0.256 e. The molecule has 24 heavy (non-hydrogen) atoms. The Morgan fingerprint density at radius 3 is 2.92 bits per heavy atom. The van der Waals surface area contributed by atoms with E-state index < -0.39 is 0 Å². The molecule has 2 aliphatic rings. The van der Waals surface area contributed by atoms with E-state index in [0.717, 1.165) is 23.0 Å². The lowest BCUT2D eigenvalue weighted by Gasteiger charge is -2.44. The highest BCUT2D eigenvalue weighted by atomic mass is 79.9. The molecule has 1 aromatic heterocycles. The number of aromatic nitrogens is 1. The molecule has 0 N–H and O–H groups in total. The summed E-state index contributed by atoms with van der Waals surface area (Å²) >= 11 is 3.33. The van der Waals surface area contributed by atoms with E-state index >= 15 is 0 Å². The maximum absolute atomic E-state index is 12.8. The lowest BCUT2D eigenvalue weighted by molar-refractivity contribution is -0.139. The van der Waals surface area contributed by atoms with E-state index in [2.05, 4.69) is 33.0 Å². The van der Waals surface area contributed by atoms with Crippen LogP contribution in [0.1, 0.15) is 27.5 Å². The minimum absolute atomic E-state index is 0.0112. The van der Waals surface area contributed by atoms with Gasteiger partial charge in [0.15, 0.2) is 0 Å². The maximum atomic E-state index is 12.8. The van der Waals surface area contributed by atoms with Crippen molar-refractivity contribution in [1.82, 2.24) is 14.8 Å². The fraction of sp³-hybridized carbons (Fsp3) is 0.278. The summed E-state index contributed by atoms with van der Waals surface area (Å²) < 4.78 is 0.751. The van der Waals surface area contributed by atoms with Crippen molar-refractivity contribution >= 4 is 27.7 Å². The Labute approximate surface area is 148 Å². The third-order valence-electron chi connectivity index (χ3n) is 4.69. The average Bonchev–Trinajstić information content (AvgIpc) is 2.61. The van der Waals surface area contributed by atoms with Gasteiger partial charge in [-0.15, -0.1) is 0 Å². The molecule has 3 heterocycles. The Morgan fingerprint density at radius 1 is 1.25 bits per heavy atom. The summed E-state index contributed by atoms with van der Waals surface area (Å²) in [4.78, 5) is 32.9. The van der Waals surface area contributed by atoms with Gasteiger partial charge in [-0.2, -0.15) is 0 Å². The Kier molecular flexibility index (Phi) is 3.84.